The van der Waals surface area contributed by atoms with E-state index in [1.807, 2.05) is 13.8 Å². The second-order valence-corrected chi connectivity index (χ2v) is 7.36. The molecule has 0 spiro atoms. The van der Waals surface area contributed by atoms with Crippen LogP contribution in [0.5, 0.6) is 11.5 Å². The fourth-order valence-electron chi connectivity index (χ4n) is 2.87. The predicted octanol–water partition coefficient (Wildman–Crippen LogP) is 4.46. The number of urea groups is 1. The summed E-state index contributed by atoms with van der Waals surface area (Å²) in [6, 6.07) is 8.66. The molecule has 0 aromatic heterocycles. The Morgan fingerprint density at radius 3 is 2.43 bits per heavy atom. The van der Waals surface area contributed by atoms with Gasteiger partial charge in [0.25, 0.3) is 11.8 Å². The Kier molecular flexibility index (Phi) is 6.34. The van der Waals surface area contributed by atoms with Gasteiger partial charge in [0.1, 0.15) is 5.57 Å². The number of hydrogen-bond donors (Lipinski definition) is 1. The maximum absolute atomic E-state index is 13.1. The molecule has 0 saturated carbocycles. The van der Waals surface area contributed by atoms with E-state index in [-0.39, 0.29) is 27.4 Å². The van der Waals surface area contributed by atoms with Gasteiger partial charge in [0, 0.05) is 5.56 Å². The first kappa shape index (κ1) is 21.7. The molecule has 1 N–H and O–H groups in total. The van der Waals surface area contributed by atoms with Crippen molar-refractivity contribution in [1.82, 2.24) is 5.32 Å². The zero-order valence-corrected chi connectivity index (χ0v) is 17.9. The number of amides is 4. The number of ether oxygens (including phenoxy) is 2. The topological polar surface area (TPSA) is 84.9 Å². The van der Waals surface area contributed by atoms with Crippen molar-refractivity contribution in [3.05, 3.63) is 57.6 Å². The lowest BCUT2D eigenvalue weighted by Gasteiger charge is -2.27. The first-order valence-corrected chi connectivity index (χ1v) is 9.69. The molecule has 1 saturated heterocycles. The fraction of sp³-hybridized carbons (Fsp3) is 0.190. The molecule has 4 amide bonds. The third-order valence-corrected chi connectivity index (χ3v) is 4.97. The number of rotatable bonds is 5. The van der Waals surface area contributed by atoms with Crippen molar-refractivity contribution in [3.8, 4) is 11.5 Å². The number of imide groups is 2. The van der Waals surface area contributed by atoms with E-state index in [1.165, 1.54) is 25.3 Å². The van der Waals surface area contributed by atoms with Crippen LogP contribution in [0.25, 0.3) is 6.08 Å². The third-order valence-electron chi connectivity index (χ3n) is 4.16. The van der Waals surface area contributed by atoms with Crippen LogP contribution < -0.4 is 19.7 Å². The van der Waals surface area contributed by atoms with Gasteiger partial charge in [-0.2, -0.15) is 0 Å². The molecule has 1 aliphatic rings. The van der Waals surface area contributed by atoms with Gasteiger partial charge in [0.2, 0.25) is 0 Å². The highest BCUT2D eigenvalue weighted by molar-refractivity contribution is 6.46. The van der Waals surface area contributed by atoms with Gasteiger partial charge in [-0.25, -0.2) is 9.69 Å². The molecule has 1 fully saturated rings. The minimum absolute atomic E-state index is 0.0153. The maximum Gasteiger partial charge on any atom is 0.336 e. The first-order chi connectivity index (χ1) is 14.2. The summed E-state index contributed by atoms with van der Waals surface area (Å²) in [5.41, 5.74) is 0.231. The maximum atomic E-state index is 13.1. The molecule has 3 rings (SSSR count). The normalized spacial score (nSPS) is 15.6. The molecular formula is C21H18Cl2N2O5. The zero-order chi connectivity index (χ0) is 22.0. The third kappa shape index (κ3) is 4.13. The molecule has 156 valence electrons. The number of halogens is 2. The smallest absolute Gasteiger partial charge is 0.336 e. The van der Waals surface area contributed by atoms with Gasteiger partial charge >= 0.3 is 6.03 Å². The highest BCUT2D eigenvalue weighted by Crippen LogP contribution is 2.36. The Hall–Kier alpha value is -3.03. The van der Waals surface area contributed by atoms with Crippen LogP contribution in [-0.4, -0.2) is 31.1 Å². The number of nitrogens with one attached hydrogen (secondary N) is 1. The number of benzene rings is 2. The lowest BCUT2D eigenvalue weighted by Crippen LogP contribution is -2.54. The van der Waals surface area contributed by atoms with E-state index in [0.29, 0.717) is 17.1 Å². The van der Waals surface area contributed by atoms with Crippen LogP contribution in [0.4, 0.5) is 10.5 Å². The monoisotopic (exact) mass is 448 g/mol. The summed E-state index contributed by atoms with van der Waals surface area (Å²) < 4.78 is 11.1. The van der Waals surface area contributed by atoms with E-state index in [2.05, 4.69) is 5.32 Å². The molecular weight excluding hydrogens is 431 g/mol. The molecule has 7 nitrogen and oxygen atoms in total. The summed E-state index contributed by atoms with van der Waals surface area (Å²) in [5.74, 6) is -0.871. The van der Waals surface area contributed by atoms with Crippen molar-refractivity contribution in [2.45, 2.75) is 20.0 Å². The van der Waals surface area contributed by atoms with Crippen LogP contribution in [0.3, 0.4) is 0 Å². The van der Waals surface area contributed by atoms with Crippen molar-refractivity contribution in [2.24, 2.45) is 0 Å². The average Bonchev–Trinajstić information content (AvgIpc) is 2.68. The Balaban J connectivity index is 2.11. The fourth-order valence-corrected chi connectivity index (χ4v) is 3.25. The summed E-state index contributed by atoms with van der Waals surface area (Å²) in [6.07, 6.45) is 1.16. The second kappa shape index (κ2) is 8.77. The van der Waals surface area contributed by atoms with E-state index in [9.17, 15) is 14.4 Å². The molecule has 0 radical (unpaired) electrons. The van der Waals surface area contributed by atoms with Crippen molar-refractivity contribution in [2.75, 3.05) is 12.0 Å². The molecule has 2 aromatic carbocycles. The standard InChI is InChI=1S/C21H18Cl2N2O5/c1-11(2)30-18-12(6-4-9-16(18)29-3)10-13-19(26)24-21(28)25(20(13)27)15-8-5-7-14(22)17(15)23/h4-11H,1-3H3,(H,24,26,28)/b13-10+. The van der Waals surface area contributed by atoms with Crippen molar-refractivity contribution >= 4 is 52.8 Å². The molecule has 2 aromatic rings. The van der Waals surface area contributed by atoms with E-state index in [0.717, 1.165) is 4.90 Å². The lowest BCUT2D eigenvalue weighted by molar-refractivity contribution is -0.122. The molecule has 9 heteroatoms. The summed E-state index contributed by atoms with van der Waals surface area (Å²) >= 11 is 12.2. The van der Waals surface area contributed by atoms with Gasteiger partial charge in [-0.05, 0) is 38.1 Å². The second-order valence-electron chi connectivity index (χ2n) is 6.58. The SMILES string of the molecule is COc1cccc(/C=C2\C(=O)NC(=O)N(c3cccc(Cl)c3Cl)C2=O)c1OC(C)C. The van der Waals surface area contributed by atoms with Crippen LogP contribution in [0.1, 0.15) is 19.4 Å². The van der Waals surface area contributed by atoms with Gasteiger partial charge in [-0.3, -0.25) is 14.9 Å². The minimum atomic E-state index is -0.921. The quantitative estimate of drug-likeness (QED) is 0.539. The van der Waals surface area contributed by atoms with Gasteiger partial charge in [0.15, 0.2) is 11.5 Å². The Bertz CT molecular complexity index is 1070. The van der Waals surface area contributed by atoms with Gasteiger partial charge in [0.05, 0.1) is 28.9 Å². The molecule has 1 heterocycles. The molecule has 0 bridgehead atoms. The minimum Gasteiger partial charge on any atom is -0.493 e. The van der Waals surface area contributed by atoms with E-state index >= 15 is 0 Å². The number of barbiturate groups is 1. The number of methoxy groups -OCH3 is 1. The largest absolute Gasteiger partial charge is 0.493 e. The molecule has 0 atom stereocenters. The Morgan fingerprint density at radius 1 is 1.07 bits per heavy atom. The van der Waals surface area contributed by atoms with Gasteiger partial charge < -0.3 is 9.47 Å². The van der Waals surface area contributed by atoms with Crippen LogP contribution in [0.15, 0.2) is 42.0 Å². The first-order valence-electron chi connectivity index (χ1n) is 8.93. The highest BCUT2D eigenvalue weighted by atomic mass is 35.5. The van der Waals surface area contributed by atoms with E-state index in [4.69, 9.17) is 32.7 Å². The van der Waals surface area contributed by atoms with Crippen molar-refractivity contribution in [3.63, 3.8) is 0 Å². The average molecular weight is 449 g/mol. The van der Waals surface area contributed by atoms with Crippen molar-refractivity contribution < 1.29 is 23.9 Å². The number of hydrogen-bond acceptors (Lipinski definition) is 5. The lowest BCUT2D eigenvalue weighted by atomic mass is 10.1. The number of nitrogens with zero attached hydrogens (tertiary/aromatic N) is 1. The summed E-state index contributed by atoms with van der Waals surface area (Å²) in [5, 5.41) is 2.33. The molecule has 1 aliphatic heterocycles. The molecule has 30 heavy (non-hydrogen) atoms. The number of carbonyl (C=O) groups excluding carboxylic acids is 3. The number of carbonyl (C=O) groups is 3. The van der Waals surface area contributed by atoms with Crippen molar-refractivity contribution in [1.29, 1.82) is 0 Å². The number of para-hydroxylation sites is 1. The molecule has 0 unspecified atom stereocenters. The van der Waals surface area contributed by atoms with Crippen LogP contribution in [-0.2, 0) is 9.59 Å². The summed E-state index contributed by atoms with van der Waals surface area (Å²) in [7, 11) is 1.49. The summed E-state index contributed by atoms with van der Waals surface area (Å²) in [6.45, 7) is 3.67. The van der Waals surface area contributed by atoms with Crippen LogP contribution in [0.2, 0.25) is 10.0 Å². The predicted molar refractivity (Wildman–Crippen MR) is 114 cm³/mol. The zero-order valence-electron chi connectivity index (χ0n) is 16.4. The Labute approximate surface area is 183 Å². The van der Waals surface area contributed by atoms with Gasteiger partial charge in [-0.15, -0.1) is 0 Å². The van der Waals surface area contributed by atoms with E-state index < -0.39 is 17.8 Å². The van der Waals surface area contributed by atoms with E-state index in [1.54, 1.807) is 24.3 Å². The highest BCUT2D eigenvalue weighted by Gasteiger charge is 2.38. The Morgan fingerprint density at radius 2 is 1.77 bits per heavy atom. The summed E-state index contributed by atoms with van der Waals surface area (Å²) in [4.78, 5) is 38.7. The van der Waals surface area contributed by atoms with Gasteiger partial charge in [-0.1, -0.05) is 41.4 Å². The van der Waals surface area contributed by atoms with Crippen LogP contribution >= 0.6 is 23.2 Å². The molecule has 0 aliphatic carbocycles. The van der Waals surface area contributed by atoms with Crippen LogP contribution in [0, 0.1) is 0 Å². The number of anilines is 1.